The van der Waals surface area contributed by atoms with Crippen LogP contribution in [0, 0.1) is 11.8 Å². The number of nitrogens with one attached hydrogen (secondary N) is 1. The molecule has 19 heavy (non-hydrogen) atoms. The van der Waals surface area contributed by atoms with Gasteiger partial charge in [0.2, 0.25) is 0 Å². The number of hydrogen-bond donors (Lipinski definition) is 1. The van der Waals surface area contributed by atoms with Crippen LogP contribution in [0.4, 0.5) is 0 Å². The van der Waals surface area contributed by atoms with E-state index in [0.29, 0.717) is 6.04 Å². The van der Waals surface area contributed by atoms with Crippen molar-refractivity contribution in [3.63, 3.8) is 0 Å². The highest BCUT2D eigenvalue weighted by atomic mass is 15.1. The Balaban J connectivity index is 1.84. The summed E-state index contributed by atoms with van der Waals surface area (Å²) in [5.41, 5.74) is 1.73. The molecule has 0 amide bonds. The van der Waals surface area contributed by atoms with Gasteiger partial charge in [-0.25, -0.2) is 4.98 Å². The quantitative estimate of drug-likeness (QED) is 0.886. The molecule has 1 aliphatic carbocycles. The van der Waals surface area contributed by atoms with Crippen molar-refractivity contribution in [3.8, 4) is 0 Å². The van der Waals surface area contributed by atoms with E-state index in [9.17, 15) is 0 Å². The molecule has 1 N–H and O–H groups in total. The van der Waals surface area contributed by atoms with Crippen LogP contribution in [0.5, 0.6) is 0 Å². The van der Waals surface area contributed by atoms with Gasteiger partial charge in [0.1, 0.15) is 0 Å². The van der Waals surface area contributed by atoms with Crippen molar-refractivity contribution in [2.24, 2.45) is 11.8 Å². The number of imidazole rings is 1. The molecule has 3 nitrogen and oxygen atoms in total. The summed E-state index contributed by atoms with van der Waals surface area (Å²) in [4.78, 5) is 4.47. The summed E-state index contributed by atoms with van der Waals surface area (Å²) >= 11 is 0. The molecule has 1 saturated carbocycles. The van der Waals surface area contributed by atoms with Crippen LogP contribution < -0.4 is 5.32 Å². The molecule has 2 heterocycles. The lowest BCUT2D eigenvalue weighted by atomic mass is 9.78. The minimum absolute atomic E-state index is 0.281. The summed E-state index contributed by atoms with van der Waals surface area (Å²) in [7, 11) is 0. The first kappa shape index (κ1) is 13.2. The Bertz CT molecular complexity index is 431. The summed E-state index contributed by atoms with van der Waals surface area (Å²) in [6.45, 7) is 9.43. The SMILES string of the molecule is CC1CCC(n2cncc2C2(C)CCNC2)CC1C. The Labute approximate surface area is 116 Å². The lowest BCUT2D eigenvalue weighted by Crippen LogP contribution is -2.31. The van der Waals surface area contributed by atoms with Crippen molar-refractivity contribution >= 4 is 0 Å². The van der Waals surface area contributed by atoms with Gasteiger partial charge >= 0.3 is 0 Å². The van der Waals surface area contributed by atoms with Crippen molar-refractivity contribution in [2.45, 2.75) is 57.9 Å². The van der Waals surface area contributed by atoms with Crippen LogP contribution in [0.1, 0.15) is 58.2 Å². The van der Waals surface area contributed by atoms with E-state index in [2.05, 4.69) is 48.2 Å². The van der Waals surface area contributed by atoms with Crippen molar-refractivity contribution < 1.29 is 0 Å². The maximum Gasteiger partial charge on any atom is 0.0950 e. The monoisotopic (exact) mass is 261 g/mol. The smallest absolute Gasteiger partial charge is 0.0950 e. The molecule has 1 aromatic heterocycles. The summed E-state index contributed by atoms with van der Waals surface area (Å²) in [6.07, 6.45) is 9.41. The minimum Gasteiger partial charge on any atom is -0.331 e. The average Bonchev–Trinajstić information content (AvgIpc) is 3.02. The van der Waals surface area contributed by atoms with E-state index < -0.39 is 0 Å². The Morgan fingerprint density at radius 2 is 2.16 bits per heavy atom. The molecule has 0 radical (unpaired) electrons. The van der Waals surface area contributed by atoms with Gasteiger partial charge in [0, 0.05) is 29.9 Å². The zero-order valence-electron chi connectivity index (χ0n) is 12.5. The highest BCUT2D eigenvalue weighted by Gasteiger charge is 2.35. The Morgan fingerprint density at radius 3 is 2.84 bits per heavy atom. The van der Waals surface area contributed by atoms with E-state index in [1.165, 1.54) is 31.4 Å². The molecule has 4 unspecified atom stereocenters. The van der Waals surface area contributed by atoms with Crippen molar-refractivity contribution in [1.29, 1.82) is 0 Å². The third-order valence-corrected chi connectivity index (χ3v) is 5.62. The van der Waals surface area contributed by atoms with Crippen LogP contribution in [-0.4, -0.2) is 22.6 Å². The highest BCUT2D eigenvalue weighted by Crippen LogP contribution is 2.39. The molecule has 2 aliphatic rings. The summed E-state index contributed by atoms with van der Waals surface area (Å²) < 4.78 is 2.50. The Morgan fingerprint density at radius 1 is 1.32 bits per heavy atom. The molecule has 2 fully saturated rings. The second kappa shape index (κ2) is 4.93. The molecule has 0 spiro atoms. The first-order chi connectivity index (χ1) is 9.10. The van der Waals surface area contributed by atoms with Gasteiger partial charge in [0.05, 0.1) is 6.33 Å². The van der Waals surface area contributed by atoms with E-state index in [-0.39, 0.29) is 5.41 Å². The van der Waals surface area contributed by atoms with E-state index in [1.54, 1.807) is 0 Å². The lowest BCUT2D eigenvalue weighted by molar-refractivity contribution is 0.204. The van der Waals surface area contributed by atoms with Crippen LogP contribution in [-0.2, 0) is 5.41 Å². The van der Waals surface area contributed by atoms with E-state index in [0.717, 1.165) is 24.9 Å². The number of rotatable bonds is 2. The van der Waals surface area contributed by atoms with Gasteiger partial charge in [0.25, 0.3) is 0 Å². The molecule has 0 aromatic carbocycles. The molecule has 106 valence electrons. The van der Waals surface area contributed by atoms with E-state index in [1.807, 2.05) is 0 Å². The Kier molecular flexibility index (Phi) is 3.42. The maximum atomic E-state index is 4.47. The van der Waals surface area contributed by atoms with Crippen LogP contribution in [0.25, 0.3) is 0 Å². The molecule has 3 rings (SSSR count). The highest BCUT2D eigenvalue weighted by molar-refractivity contribution is 5.18. The second-order valence-electron chi connectivity index (χ2n) is 7.10. The van der Waals surface area contributed by atoms with Gasteiger partial charge in [-0.15, -0.1) is 0 Å². The van der Waals surface area contributed by atoms with Crippen molar-refractivity contribution in [3.05, 3.63) is 18.2 Å². The zero-order chi connectivity index (χ0) is 13.5. The molecule has 1 aliphatic heterocycles. The minimum atomic E-state index is 0.281. The molecule has 1 aromatic rings. The van der Waals surface area contributed by atoms with E-state index >= 15 is 0 Å². The largest absolute Gasteiger partial charge is 0.331 e. The fraction of sp³-hybridized carbons (Fsp3) is 0.812. The van der Waals surface area contributed by atoms with Crippen LogP contribution >= 0.6 is 0 Å². The lowest BCUT2D eigenvalue weighted by Gasteiger charge is -2.35. The van der Waals surface area contributed by atoms with Gasteiger partial charge in [-0.05, 0) is 44.1 Å². The van der Waals surface area contributed by atoms with E-state index in [4.69, 9.17) is 0 Å². The predicted molar refractivity (Wildman–Crippen MR) is 78.3 cm³/mol. The van der Waals surface area contributed by atoms with Crippen LogP contribution in [0.15, 0.2) is 12.5 Å². The van der Waals surface area contributed by atoms with Gasteiger partial charge in [-0.1, -0.05) is 20.8 Å². The van der Waals surface area contributed by atoms with Crippen molar-refractivity contribution in [1.82, 2.24) is 14.9 Å². The van der Waals surface area contributed by atoms with Gasteiger partial charge in [-0.3, -0.25) is 0 Å². The number of hydrogen-bond acceptors (Lipinski definition) is 2. The number of nitrogens with zero attached hydrogens (tertiary/aromatic N) is 2. The topological polar surface area (TPSA) is 29.9 Å². The fourth-order valence-electron chi connectivity index (χ4n) is 3.87. The molecule has 1 saturated heterocycles. The van der Waals surface area contributed by atoms with Gasteiger partial charge in [-0.2, -0.15) is 0 Å². The van der Waals surface area contributed by atoms with Gasteiger partial charge < -0.3 is 9.88 Å². The summed E-state index contributed by atoms with van der Waals surface area (Å²) in [5, 5.41) is 3.51. The Hall–Kier alpha value is -0.830. The maximum absolute atomic E-state index is 4.47. The fourth-order valence-corrected chi connectivity index (χ4v) is 3.87. The molecular formula is C16H27N3. The number of aromatic nitrogens is 2. The van der Waals surface area contributed by atoms with Crippen LogP contribution in [0.2, 0.25) is 0 Å². The van der Waals surface area contributed by atoms with Gasteiger partial charge in [0.15, 0.2) is 0 Å². The molecule has 3 heteroatoms. The zero-order valence-corrected chi connectivity index (χ0v) is 12.5. The molecular weight excluding hydrogens is 234 g/mol. The van der Waals surface area contributed by atoms with Crippen molar-refractivity contribution in [2.75, 3.05) is 13.1 Å². The summed E-state index contributed by atoms with van der Waals surface area (Å²) in [6, 6.07) is 0.668. The standard InChI is InChI=1S/C16H27N3/c1-12-4-5-14(8-13(12)2)19-11-18-9-15(19)16(3)6-7-17-10-16/h9,11-14,17H,4-8,10H2,1-3H3. The first-order valence-electron chi connectivity index (χ1n) is 7.83. The average molecular weight is 261 g/mol. The third kappa shape index (κ3) is 2.33. The first-order valence-corrected chi connectivity index (χ1v) is 7.83. The molecule has 4 atom stereocenters. The third-order valence-electron chi connectivity index (χ3n) is 5.62. The predicted octanol–water partition coefficient (Wildman–Crippen LogP) is 3.13. The molecule has 0 bridgehead atoms. The summed E-state index contributed by atoms with van der Waals surface area (Å²) in [5.74, 6) is 1.72. The van der Waals surface area contributed by atoms with Crippen LogP contribution in [0.3, 0.4) is 0 Å². The second-order valence-corrected chi connectivity index (χ2v) is 7.10. The normalized spacial score (nSPS) is 39.6.